The Morgan fingerprint density at radius 3 is 2.43 bits per heavy atom. The fraction of sp³-hybridized carbons (Fsp3) is 0.421. The molecule has 1 fully saturated rings. The Morgan fingerprint density at radius 1 is 1.13 bits per heavy atom. The van der Waals surface area contributed by atoms with Crippen molar-refractivity contribution >= 4 is 11.4 Å². The van der Waals surface area contributed by atoms with E-state index in [-0.39, 0.29) is 12.1 Å². The molecule has 122 valence electrons. The van der Waals surface area contributed by atoms with E-state index in [1.165, 1.54) is 11.3 Å². The van der Waals surface area contributed by atoms with E-state index in [0.717, 1.165) is 37.3 Å². The standard InChI is InChI=1S/C19H25N3O/c1-14-3-6-17(13-20-14)21-15(2)16-4-7-18(8-5-16)22-11-9-19(23)10-12-22/h3-8,13,15,19,21,23H,9-12H2,1-2H3. The number of benzene rings is 1. The van der Waals surface area contributed by atoms with Gasteiger partial charge in [0.15, 0.2) is 0 Å². The van der Waals surface area contributed by atoms with Gasteiger partial charge in [-0.05, 0) is 56.5 Å². The number of aliphatic hydroxyl groups is 1. The van der Waals surface area contributed by atoms with Gasteiger partial charge < -0.3 is 15.3 Å². The van der Waals surface area contributed by atoms with Crippen LogP contribution < -0.4 is 10.2 Å². The van der Waals surface area contributed by atoms with Crippen LogP contribution >= 0.6 is 0 Å². The number of hydrogen-bond donors (Lipinski definition) is 2. The predicted octanol–water partition coefficient (Wildman–Crippen LogP) is 3.52. The Labute approximate surface area is 138 Å². The predicted molar refractivity (Wildman–Crippen MR) is 94.9 cm³/mol. The van der Waals surface area contributed by atoms with E-state index in [0.29, 0.717) is 0 Å². The molecule has 4 heteroatoms. The number of piperidine rings is 1. The number of aryl methyl sites for hydroxylation is 1. The molecule has 0 radical (unpaired) electrons. The van der Waals surface area contributed by atoms with E-state index in [9.17, 15) is 5.11 Å². The molecule has 1 aromatic carbocycles. The summed E-state index contributed by atoms with van der Waals surface area (Å²) in [5.74, 6) is 0. The molecule has 0 bridgehead atoms. The molecule has 0 aliphatic carbocycles. The minimum Gasteiger partial charge on any atom is -0.393 e. The molecule has 2 aromatic rings. The van der Waals surface area contributed by atoms with E-state index in [1.54, 1.807) is 0 Å². The quantitative estimate of drug-likeness (QED) is 0.907. The molecule has 2 N–H and O–H groups in total. The van der Waals surface area contributed by atoms with Gasteiger partial charge in [0, 0.05) is 30.5 Å². The van der Waals surface area contributed by atoms with Gasteiger partial charge in [-0.15, -0.1) is 0 Å². The third-order valence-electron chi connectivity index (χ3n) is 4.52. The van der Waals surface area contributed by atoms with Crippen molar-refractivity contribution in [2.75, 3.05) is 23.3 Å². The molecule has 0 saturated carbocycles. The van der Waals surface area contributed by atoms with Crippen LogP contribution in [0.25, 0.3) is 0 Å². The second-order valence-electron chi connectivity index (χ2n) is 6.36. The summed E-state index contributed by atoms with van der Waals surface area (Å²) in [7, 11) is 0. The molecule has 0 spiro atoms. The Hall–Kier alpha value is -2.07. The van der Waals surface area contributed by atoms with Crippen LogP contribution in [-0.4, -0.2) is 29.3 Å². The first kappa shape index (κ1) is 15.8. The first-order valence-electron chi connectivity index (χ1n) is 8.34. The topological polar surface area (TPSA) is 48.4 Å². The summed E-state index contributed by atoms with van der Waals surface area (Å²) >= 11 is 0. The minimum absolute atomic E-state index is 0.127. The van der Waals surface area contributed by atoms with Gasteiger partial charge in [-0.3, -0.25) is 4.98 Å². The molecular weight excluding hydrogens is 286 g/mol. The van der Waals surface area contributed by atoms with Gasteiger partial charge in [0.2, 0.25) is 0 Å². The fourth-order valence-corrected chi connectivity index (χ4v) is 2.98. The van der Waals surface area contributed by atoms with Gasteiger partial charge >= 0.3 is 0 Å². The van der Waals surface area contributed by atoms with Crippen LogP contribution in [0.1, 0.15) is 37.1 Å². The fourth-order valence-electron chi connectivity index (χ4n) is 2.98. The Morgan fingerprint density at radius 2 is 1.83 bits per heavy atom. The van der Waals surface area contributed by atoms with E-state index < -0.39 is 0 Å². The number of nitrogens with one attached hydrogen (secondary N) is 1. The summed E-state index contributed by atoms with van der Waals surface area (Å²) in [6.45, 7) is 6.02. The molecule has 23 heavy (non-hydrogen) atoms. The maximum absolute atomic E-state index is 9.61. The van der Waals surface area contributed by atoms with Gasteiger partial charge in [0.05, 0.1) is 18.0 Å². The smallest absolute Gasteiger partial charge is 0.0574 e. The molecule has 3 rings (SSSR count). The summed E-state index contributed by atoms with van der Waals surface area (Å²) in [4.78, 5) is 6.66. The summed E-state index contributed by atoms with van der Waals surface area (Å²) in [5.41, 5.74) is 4.56. The third kappa shape index (κ3) is 4.02. The van der Waals surface area contributed by atoms with Crippen LogP contribution in [0.3, 0.4) is 0 Å². The molecule has 1 atom stereocenters. The molecular formula is C19H25N3O. The highest BCUT2D eigenvalue weighted by atomic mass is 16.3. The zero-order valence-electron chi connectivity index (χ0n) is 13.9. The minimum atomic E-state index is -0.127. The summed E-state index contributed by atoms with van der Waals surface area (Å²) in [6, 6.07) is 13.0. The number of pyridine rings is 1. The lowest BCUT2D eigenvalue weighted by Gasteiger charge is -2.31. The number of aromatic nitrogens is 1. The number of hydrogen-bond acceptors (Lipinski definition) is 4. The van der Waals surface area contributed by atoms with Gasteiger partial charge in [-0.25, -0.2) is 0 Å². The lowest BCUT2D eigenvalue weighted by Crippen LogP contribution is -2.35. The van der Waals surface area contributed by atoms with E-state index in [1.807, 2.05) is 19.2 Å². The highest BCUT2D eigenvalue weighted by molar-refractivity contribution is 5.50. The number of anilines is 2. The van der Waals surface area contributed by atoms with Crippen molar-refractivity contribution in [1.82, 2.24) is 4.98 Å². The van der Waals surface area contributed by atoms with Crippen molar-refractivity contribution < 1.29 is 5.11 Å². The van der Waals surface area contributed by atoms with Crippen molar-refractivity contribution in [2.45, 2.75) is 38.8 Å². The molecule has 1 unspecified atom stereocenters. The van der Waals surface area contributed by atoms with Gasteiger partial charge in [-0.2, -0.15) is 0 Å². The molecule has 1 aliphatic heterocycles. The van der Waals surface area contributed by atoms with Crippen molar-refractivity contribution in [2.24, 2.45) is 0 Å². The van der Waals surface area contributed by atoms with Crippen LogP contribution in [0.2, 0.25) is 0 Å². The SMILES string of the molecule is Cc1ccc(NC(C)c2ccc(N3CCC(O)CC3)cc2)cn1. The molecule has 1 saturated heterocycles. The van der Waals surface area contributed by atoms with Gasteiger partial charge in [0.1, 0.15) is 0 Å². The molecule has 2 heterocycles. The average molecular weight is 311 g/mol. The van der Waals surface area contributed by atoms with E-state index in [4.69, 9.17) is 0 Å². The normalized spacial score (nSPS) is 17.1. The second-order valence-corrected chi connectivity index (χ2v) is 6.36. The Bertz CT molecular complexity index is 616. The van der Waals surface area contributed by atoms with Crippen LogP contribution in [0.5, 0.6) is 0 Å². The number of aliphatic hydroxyl groups excluding tert-OH is 1. The monoisotopic (exact) mass is 311 g/mol. The van der Waals surface area contributed by atoms with Crippen molar-refractivity contribution in [3.05, 3.63) is 53.9 Å². The third-order valence-corrected chi connectivity index (χ3v) is 4.52. The average Bonchev–Trinajstić information content (AvgIpc) is 2.58. The van der Waals surface area contributed by atoms with Crippen molar-refractivity contribution in [3.8, 4) is 0 Å². The summed E-state index contributed by atoms with van der Waals surface area (Å²) < 4.78 is 0. The van der Waals surface area contributed by atoms with Crippen molar-refractivity contribution in [3.63, 3.8) is 0 Å². The lowest BCUT2D eigenvalue weighted by atomic mass is 10.0. The van der Waals surface area contributed by atoms with Gasteiger partial charge in [-0.1, -0.05) is 12.1 Å². The molecule has 1 aliphatic rings. The Balaban J connectivity index is 1.63. The van der Waals surface area contributed by atoms with Crippen LogP contribution in [0, 0.1) is 6.92 Å². The van der Waals surface area contributed by atoms with Crippen molar-refractivity contribution in [1.29, 1.82) is 0 Å². The molecule has 0 amide bonds. The highest BCUT2D eigenvalue weighted by Crippen LogP contribution is 2.24. The second kappa shape index (κ2) is 7.01. The molecule has 1 aromatic heterocycles. The number of rotatable bonds is 4. The summed E-state index contributed by atoms with van der Waals surface area (Å²) in [6.07, 6.45) is 3.47. The maximum Gasteiger partial charge on any atom is 0.0574 e. The lowest BCUT2D eigenvalue weighted by molar-refractivity contribution is 0.145. The molecule has 4 nitrogen and oxygen atoms in total. The summed E-state index contributed by atoms with van der Waals surface area (Å²) in [5, 5.41) is 13.1. The largest absolute Gasteiger partial charge is 0.393 e. The van der Waals surface area contributed by atoms with Crippen LogP contribution in [0.4, 0.5) is 11.4 Å². The van der Waals surface area contributed by atoms with Gasteiger partial charge in [0.25, 0.3) is 0 Å². The van der Waals surface area contributed by atoms with E-state index >= 15 is 0 Å². The first-order chi connectivity index (χ1) is 11.1. The first-order valence-corrected chi connectivity index (χ1v) is 8.34. The van der Waals surface area contributed by atoms with Crippen LogP contribution in [0.15, 0.2) is 42.6 Å². The number of nitrogens with zero attached hydrogens (tertiary/aromatic N) is 2. The van der Waals surface area contributed by atoms with Crippen LogP contribution in [-0.2, 0) is 0 Å². The zero-order chi connectivity index (χ0) is 16.2. The van der Waals surface area contributed by atoms with E-state index in [2.05, 4.69) is 52.5 Å². The zero-order valence-corrected chi connectivity index (χ0v) is 13.9. The Kier molecular flexibility index (Phi) is 4.82. The highest BCUT2D eigenvalue weighted by Gasteiger charge is 2.17. The maximum atomic E-state index is 9.61.